The van der Waals surface area contributed by atoms with Gasteiger partial charge in [0.05, 0.1) is 37.0 Å². The van der Waals surface area contributed by atoms with Gasteiger partial charge in [-0.3, -0.25) is 4.98 Å². The first-order valence-electron chi connectivity index (χ1n) is 10.7. The molecule has 154 valence electrons. The standard InChI is InChI=1S/C25H27N3O2/c1-16-22-15-27-28(20-4-3-11-26-14-20)23(22)12-18-5-6-19(25(16)18)13-24(29)17-7-9-21(30-2)10-8-17/h3-4,7-11,14-16,19,24,29H,5-6,12-13H2,1-2H3/t16-,19+,24?/m0/s1. The summed E-state index contributed by atoms with van der Waals surface area (Å²) < 4.78 is 7.28. The minimum Gasteiger partial charge on any atom is -0.497 e. The van der Waals surface area contributed by atoms with Crippen molar-refractivity contribution >= 4 is 0 Å². The average molecular weight is 402 g/mol. The van der Waals surface area contributed by atoms with E-state index in [-0.39, 0.29) is 0 Å². The van der Waals surface area contributed by atoms with Crippen LogP contribution in [0.5, 0.6) is 5.75 Å². The lowest BCUT2D eigenvalue weighted by Crippen LogP contribution is -2.17. The van der Waals surface area contributed by atoms with Gasteiger partial charge in [-0.05, 0) is 55.0 Å². The zero-order valence-corrected chi connectivity index (χ0v) is 17.5. The second-order valence-electron chi connectivity index (χ2n) is 8.39. The molecule has 0 saturated carbocycles. The Balaban J connectivity index is 1.38. The summed E-state index contributed by atoms with van der Waals surface area (Å²) in [5, 5.41) is 15.6. The first-order valence-corrected chi connectivity index (χ1v) is 10.7. The van der Waals surface area contributed by atoms with Crippen LogP contribution in [0.15, 0.2) is 66.1 Å². The quantitative estimate of drug-likeness (QED) is 0.626. The summed E-state index contributed by atoms with van der Waals surface area (Å²) in [7, 11) is 1.66. The summed E-state index contributed by atoms with van der Waals surface area (Å²) in [5.41, 5.74) is 7.63. The summed E-state index contributed by atoms with van der Waals surface area (Å²) in [6.07, 6.45) is 9.15. The number of ether oxygens (including phenoxy) is 1. The highest BCUT2D eigenvalue weighted by Gasteiger charge is 2.37. The van der Waals surface area contributed by atoms with Gasteiger partial charge in [0.1, 0.15) is 5.75 Å². The number of hydrogen-bond donors (Lipinski definition) is 1. The lowest BCUT2D eigenvalue weighted by atomic mass is 9.78. The van der Waals surface area contributed by atoms with Crippen LogP contribution in [0.3, 0.4) is 0 Å². The molecule has 1 unspecified atom stereocenters. The predicted molar refractivity (Wildman–Crippen MR) is 116 cm³/mol. The Labute approximate surface area is 177 Å². The minimum atomic E-state index is -0.459. The fraction of sp³-hybridized carbons (Fsp3) is 0.360. The third kappa shape index (κ3) is 3.23. The third-order valence-electron chi connectivity index (χ3n) is 6.76. The molecule has 5 rings (SSSR count). The molecule has 0 amide bonds. The van der Waals surface area contributed by atoms with Crippen LogP contribution in [0.2, 0.25) is 0 Å². The molecule has 0 fully saturated rings. The molecule has 30 heavy (non-hydrogen) atoms. The van der Waals surface area contributed by atoms with E-state index >= 15 is 0 Å². The maximum Gasteiger partial charge on any atom is 0.118 e. The molecule has 0 bridgehead atoms. The molecule has 2 aliphatic carbocycles. The average Bonchev–Trinajstić information content (AvgIpc) is 3.39. The van der Waals surface area contributed by atoms with Gasteiger partial charge in [-0.1, -0.05) is 30.2 Å². The topological polar surface area (TPSA) is 60.2 Å². The molecule has 3 atom stereocenters. The molecule has 0 spiro atoms. The largest absolute Gasteiger partial charge is 0.497 e. The van der Waals surface area contributed by atoms with E-state index in [0.29, 0.717) is 11.8 Å². The fourth-order valence-electron chi connectivity index (χ4n) is 5.26. The van der Waals surface area contributed by atoms with Crippen molar-refractivity contribution in [3.8, 4) is 11.4 Å². The van der Waals surface area contributed by atoms with E-state index < -0.39 is 6.10 Å². The summed E-state index contributed by atoms with van der Waals surface area (Å²) in [6.45, 7) is 2.29. The lowest BCUT2D eigenvalue weighted by molar-refractivity contribution is 0.149. The van der Waals surface area contributed by atoms with Gasteiger partial charge >= 0.3 is 0 Å². The van der Waals surface area contributed by atoms with Gasteiger partial charge in [0.15, 0.2) is 0 Å². The summed E-state index contributed by atoms with van der Waals surface area (Å²) in [5.74, 6) is 1.57. The number of fused-ring (bicyclic) bond motifs is 1. The van der Waals surface area contributed by atoms with Gasteiger partial charge in [-0.15, -0.1) is 0 Å². The Hall–Kier alpha value is -2.92. The highest BCUT2D eigenvalue weighted by molar-refractivity contribution is 5.47. The van der Waals surface area contributed by atoms with Gasteiger partial charge in [-0.2, -0.15) is 5.10 Å². The number of pyridine rings is 1. The van der Waals surface area contributed by atoms with E-state index in [1.165, 1.54) is 22.4 Å². The monoisotopic (exact) mass is 401 g/mol. The molecule has 2 aliphatic rings. The van der Waals surface area contributed by atoms with Crippen LogP contribution in [-0.2, 0) is 6.42 Å². The van der Waals surface area contributed by atoms with E-state index in [0.717, 1.165) is 42.7 Å². The molecule has 2 aromatic heterocycles. The molecule has 0 radical (unpaired) electrons. The second-order valence-corrected chi connectivity index (χ2v) is 8.39. The Morgan fingerprint density at radius 3 is 2.77 bits per heavy atom. The summed E-state index contributed by atoms with van der Waals surface area (Å²) in [6, 6.07) is 11.8. The van der Waals surface area contributed by atoms with Crippen LogP contribution in [0.4, 0.5) is 0 Å². The van der Waals surface area contributed by atoms with E-state index in [9.17, 15) is 5.11 Å². The number of rotatable bonds is 5. The fourth-order valence-corrected chi connectivity index (χ4v) is 5.26. The first-order chi connectivity index (χ1) is 14.7. The van der Waals surface area contributed by atoms with Crippen LogP contribution in [-0.4, -0.2) is 27.0 Å². The molecule has 5 nitrogen and oxygen atoms in total. The van der Waals surface area contributed by atoms with Gasteiger partial charge in [0, 0.05) is 24.1 Å². The Morgan fingerprint density at radius 2 is 2.03 bits per heavy atom. The number of aliphatic hydroxyl groups excluding tert-OH is 1. The van der Waals surface area contributed by atoms with Crippen molar-refractivity contribution < 1.29 is 9.84 Å². The molecule has 1 N–H and O–H groups in total. The number of aromatic nitrogens is 3. The van der Waals surface area contributed by atoms with Crippen LogP contribution in [0.25, 0.3) is 5.69 Å². The predicted octanol–water partition coefficient (Wildman–Crippen LogP) is 4.77. The van der Waals surface area contributed by atoms with Crippen molar-refractivity contribution in [3.63, 3.8) is 0 Å². The normalized spacial score (nSPS) is 21.3. The number of nitrogens with zero attached hydrogens (tertiary/aromatic N) is 3. The first kappa shape index (κ1) is 19.1. The highest BCUT2D eigenvalue weighted by Crippen LogP contribution is 2.49. The molecular weight excluding hydrogens is 374 g/mol. The molecule has 0 saturated heterocycles. The van der Waals surface area contributed by atoms with Crippen molar-refractivity contribution in [2.45, 2.75) is 44.6 Å². The number of methoxy groups -OCH3 is 1. The number of benzene rings is 1. The zero-order valence-electron chi connectivity index (χ0n) is 17.5. The molecule has 0 aliphatic heterocycles. The molecule has 3 aromatic rings. The van der Waals surface area contributed by atoms with E-state index in [4.69, 9.17) is 4.74 Å². The zero-order chi connectivity index (χ0) is 20.7. The third-order valence-corrected chi connectivity index (χ3v) is 6.76. The minimum absolute atomic E-state index is 0.338. The van der Waals surface area contributed by atoms with Crippen LogP contribution < -0.4 is 4.74 Å². The summed E-state index contributed by atoms with van der Waals surface area (Å²) in [4.78, 5) is 4.25. The van der Waals surface area contributed by atoms with Crippen molar-refractivity contribution in [1.82, 2.24) is 14.8 Å². The Bertz CT molecular complexity index is 1070. The van der Waals surface area contributed by atoms with Crippen LogP contribution in [0, 0.1) is 5.92 Å². The Morgan fingerprint density at radius 1 is 1.20 bits per heavy atom. The molecular formula is C25H27N3O2. The van der Waals surface area contributed by atoms with Gasteiger partial charge in [-0.25, -0.2) is 4.68 Å². The SMILES string of the molecule is COc1ccc(C(O)C[C@H]2CCC3=C2[C@@H](C)c2cnn(-c4cccnc4)c2C3)cc1. The van der Waals surface area contributed by atoms with Crippen molar-refractivity contribution in [3.05, 3.63) is 83.0 Å². The maximum absolute atomic E-state index is 10.9. The highest BCUT2D eigenvalue weighted by atomic mass is 16.5. The van der Waals surface area contributed by atoms with Gasteiger partial charge < -0.3 is 9.84 Å². The van der Waals surface area contributed by atoms with Gasteiger partial charge in [0.25, 0.3) is 0 Å². The lowest BCUT2D eigenvalue weighted by Gasteiger charge is -2.28. The molecule has 5 heteroatoms. The Kier molecular flexibility index (Phi) is 4.91. The number of hydrogen-bond acceptors (Lipinski definition) is 4. The van der Waals surface area contributed by atoms with E-state index in [2.05, 4.69) is 23.1 Å². The maximum atomic E-state index is 10.9. The van der Waals surface area contributed by atoms with Crippen molar-refractivity contribution in [1.29, 1.82) is 0 Å². The van der Waals surface area contributed by atoms with Crippen LogP contribution in [0.1, 0.15) is 55.0 Å². The van der Waals surface area contributed by atoms with E-state index in [1.807, 2.05) is 47.4 Å². The molecule has 1 aromatic carbocycles. The number of aliphatic hydroxyl groups is 1. The van der Waals surface area contributed by atoms with Crippen molar-refractivity contribution in [2.24, 2.45) is 5.92 Å². The second kappa shape index (κ2) is 7.73. The molecule has 2 heterocycles. The number of allylic oxidation sites excluding steroid dienone is 2. The summed E-state index contributed by atoms with van der Waals surface area (Å²) >= 11 is 0. The smallest absolute Gasteiger partial charge is 0.118 e. The van der Waals surface area contributed by atoms with Crippen LogP contribution >= 0.6 is 0 Å². The van der Waals surface area contributed by atoms with Crippen molar-refractivity contribution in [2.75, 3.05) is 7.11 Å². The van der Waals surface area contributed by atoms with Gasteiger partial charge in [0.2, 0.25) is 0 Å². The van der Waals surface area contributed by atoms with E-state index in [1.54, 1.807) is 13.3 Å².